The maximum absolute atomic E-state index is 13.9. The van der Waals surface area contributed by atoms with Crippen LogP contribution in [0.5, 0.6) is 11.5 Å². The molecule has 0 amide bonds. The van der Waals surface area contributed by atoms with Gasteiger partial charge in [0.1, 0.15) is 28.0 Å². The van der Waals surface area contributed by atoms with Crippen LogP contribution in [0.4, 0.5) is 0 Å². The zero-order chi connectivity index (χ0) is 29.6. The molecule has 1 fully saturated rings. The van der Waals surface area contributed by atoms with E-state index in [1.807, 2.05) is 44.2 Å². The fourth-order valence-corrected chi connectivity index (χ4v) is 6.47. The lowest BCUT2D eigenvalue weighted by Gasteiger charge is -2.28. The molecule has 2 heterocycles. The summed E-state index contributed by atoms with van der Waals surface area (Å²) in [5.74, 6) is 1.68. The Bertz CT molecular complexity index is 1730. The van der Waals surface area contributed by atoms with Crippen molar-refractivity contribution in [3.05, 3.63) is 69.7 Å². The highest BCUT2D eigenvalue weighted by Gasteiger charge is 2.29. The number of piperidine rings is 1. The summed E-state index contributed by atoms with van der Waals surface area (Å²) in [5.41, 5.74) is 9.51. The highest BCUT2D eigenvalue weighted by atomic mass is 32.2. The van der Waals surface area contributed by atoms with Crippen LogP contribution in [0.1, 0.15) is 45.1 Å². The molecule has 0 radical (unpaired) electrons. The number of nitrogens with zero attached hydrogens (tertiary/aromatic N) is 3. The van der Waals surface area contributed by atoms with Gasteiger partial charge in [-0.2, -0.15) is 4.31 Å². The normalized spacial score (nSPS) is 16.6. The van der Waals surface area contributed by atoms with Gasteiger partial charge >= 0.3 is 0 Å². The van der Waals surface area contributed by atoms with Crippen molar-refractivity contribution in [3.63, 3.8) is 0 Å². The van der Waals surface area contributed by atoms with Crippen LogP contribution in [-0.4, -0.2) is 56.5 Å². The average molecular weight is 578 g/mol. The second-order valence-corrected chi connectivity index (χ2v) is 11.8. The zero-order valence-corrected chi connectivity index (χ0v) is 25.1. The Hall–Kier alpha value is -3.89. The van der Waals surface area contributed by atoms with Crippen LogP contribution in [-0.2, 0) is 10.0 Å². The molecule has 3 aromatic rings. The number of methoxy groups -OCH3 is 1. The molecule has 0 spiro atoms. The van der Waals surface area contributed by atoms with Crippen molar-refractivity contribution in [2.75, 3.05) is 33.9 Å². The smallest absolute Gasteiger partial charge is 0.243 e. The van der Waals surface area contributed by atoms with Crippen LogP contribution in [0, 0.1) is 0 Å². The molecule has 1 aliphatic heterocycles. The number of benzene rings is 2. The lowest BCUT2D eigenvalue weighted by atomic mass is 10.0. The van der Waals surface area contributed by atoms with Crippen molar-refractivity contribution < 1.29 is 17.9 Å². The molecule has 0 saturated carbocycles. The molecule has 4 rings (SSSR count). The van der Waals surface area contributed by atoms with Gasteiger partial charge in [0, 0.05) is 25.8 Å². The van der Waals surface area contributed by atoms with Crippen LogP contribution < -0.4 is 31.3 Å². The third-order valence-corrected chi connectivity index (χ3v) is 8.78. The van der Waals surface area contributed by atoms with Crippen LogP contribution >= 0.6 is 0 Å². The quantitative estimate of drug-likeness (QED) is 0.403. The summed E-state index contributed by atoms with van der Waals surface area (Å²) in [7, 11) is -0.522. The second-order valence-electron chi connectivity index (χ2n) is 9.87. The van der Waals surface area contributed by atoms with Crippen molar-refractivity contribution in [1.29, 1.82) is 0 Å². The SMILES string of the molecule is C=c1[nH]c(-c2cc(S(=O)(=O)N3CCC/C(=C/c4cccc(OC)c4)C3)ccc2OCC)nc(=C(N)CCC)c1=NC. The number of H-pyrrole nitrogens is 1. The van der Waals surface area contributed by atoms with Gasteiger partial charge in [0.15, 0.2) is 0 Å². The monoisotopic (exact) mass is 577 g/mol. The fourth-order valence-electron chi connectivity index (χ4n) is 4.96. The zero-order valence-electron chi connectivity index (χ0n) is 24.2. The van der Waals surface area contributed by atoms with E-state index in [1.54, 1.807) is 32.4 Å². The van der Waals surface area contributed by atoms with E-state index in [0.717, 1.165) is 36.1 Å². The Balaban J connectivity index is 1.77. The van der Waals surface area contributed by atoms with E-state index in [2.05, 4.69) is 16.6 Å². The molecule has 2 aromatic carbocycles. The first kappa shape index (κ1) is 30.1. The molecule has 218 valence electrons. The summed E-state index contributed by atoms with van der Waals surface area (Å²) >= 11 is 0. The maximum atomic E-state index is 13.9. The van der Waals surface area contributed by atoms with Crippen LogP contribution in [0.3, 0.4) is 0 Å². The molecule has 1 aromatic heterocycles. The molecule has 3 N–H and O–H groups in total. The minimum atomic E-state index is -3.81. The van der Waals surface area contributed by atoms with E-state index in [1.165, 1.54) is 4.31 Å². The standard InChI is InChI=1S/C31H39N5O4S/c1-6-10-27(32)30-29(33-4)21(3)34-31(35-30)26-19-25(14-15-28(26)40-7-2)41(37,38)36-16-9-12-23(20-36)17-22-11-8-13-24(18-22)39-5/h8,11,13-15,17-19H,3,6-7,9-10,12,16,20,32H2,1-2,4-5H3,(H,34,35)/b23-17-,30-27?,33-29?. The van der Waals surface area contributed by atoms with Crippen molar-refractivity contribution in [2.24, 2.45) is 10.7 Å². The minimum absolute atomic E-state index is 0.163. The number of hydrogen-bond donors (Lipinski definition) is 2. The van der Waals surface area contributed by atoms with Crippen molar-refractivity contribution in [3.8, 4) is 22.9 Å². The third-order valence-electron chi connectivity index (χ3n) is 6.94. The number of aromatic nitrogens is 2. The molecular formula is C31H39N5O4S. The molecule has 1 saturated heterocycles. The number of ether oxygens (including phenoxy) is 2. The van der Waals surface area contributed by atoms with E-state index in [0.29, 0.717) is 65.0 Å². The number of hydrogen-bond acceptors (Lipinski definition) is 7. The van der Waals surface area contributed by atoms with Gasteiger partial charge in [0.2, 0.25) is 10.0 Å². The third kappa shape index (κ3) is 6.71. The Morgan fingerprint density at radius 3 is 2.76 bits per heavy atom. The number of aromatic amines is 1. The Morgan fingerprint density at radius 1 is 1.24 bits per heavy atom. The van der Waals surface area contributed by atoms with Gasteiger partial charge in [-0.1, -0.05) is 43.7 Å². The maximum Gasteiger partial charge on any atom is 0.243 e. The summed E-state index contributed by atoms with van der Waals surface area (Å²) in [4.78, 5) is 12.5. The topological polar surface area (TPSA) is 123 Å². The lowest BCUT2D eigenvalue weighted by Crippen LogP contribution is -2.45. The number of rotatable bonds is 9. The van der Waals surface area contributed by atoms with Gasteiger partial charge < -0.3 is 20.2 Å². The molecular weight excluding hydrogens is 538 g/mol. The molecule has 1 aliphatic rings. The molecule has 0 bridgehead atoms. The Kier molecular flexibility index (Phi) is 9.67. The first-order valence-corrected chi connectivity index (χ1v) is 15.3. The highest BCUT2D eigenvalue weighted by Crippen LogP contribution is 2.32. The fraction of sp³-hybridized carbons (Fsp3) is 0.355. The van der Waals surface area contributed by atoms with E-state index < -0.39 is 10.0 Å². The number of nitrogens with two attached hydrogens (primary N) is 1. The molecule has 41 heavy (non-hydrogen) atoms. The highest BCUT2D eigenvalue weighted by molar-refractivity contribution is 7.89. The van der Waals surface area contributed by atoms with Crippen LogP contribution in [0.25, 0.3) is 29.7 Å². The molecule has 9 nitrogen and oxygen atoms in total. The summed E-state index contributed by atoms with van der Waals surface area (Å²) < 4.78 is 40.6. The Labute approximate surface area is 241 Å². The second kappa shape index (κ2) is 13.2. The first-order chi connectivity index (χ1) is 19.7. The van der Waals surface area contributed by atoms with Crippen molar-refractivity contribution >= 4 is 28.4 Å². The molecule has 0 unspecified atom stereocenters. The minimum Gasteiger partial charge on any atom is -0.497 e. The van der Waals surface area contributed by atoms with Gasteiger partial charge in [-0.15, -0.1) is 0 Å². The van der Waals surface area contributed by atoms with Crippen molar-refractivity contribution in [2.45, 2.75) is 44.4 Å². The molecule has 0 aliphatic carbocycles. The Morgan fingerprint density at radius 2 is 2.05 bits per heavy atom. The van der Waals surface area contributed by atoms with Crippen LogP contribution in [0.15, 0.2) is 57.9 Å². The predicted molar refractivity (Wildman–Crippen MR) is 163 cm³/mol. The molecule has 0 atom stereocenters. The summed E-state index contributed by atoms with van der Waals surface area (Å²) in [6.45, 7) is 9.18. The van der Waals surface area contributed by atoms with Crippen LogP contribution in [0.2, 0.25) is 0 Å². The molecule has 10 heteroatoms. The van der Waals surface area contributed by atoms with E-state index in [-0.39, 0.29) is 4.90 Å². The number of sulfonamides is 1. The van der Waals surface area contributed by atoms with Gasteiger partial charge in [-0.05, 0) is 62.1 Å². The largest absolute Gasteiger partial charge is 0.497 e. The summed E-state index contributed by atoms with van der Waals surface area (Å²) in [6, 6.07) is 12.6. The predicted octanol–water partition coefficient (Wildman–Crippen LogP) is 3.16. The lowest BCUT2D eigenvalue weighted by molar-refractivity contribution is 0.341. The van der Waals surface area contributed by atoms with Gasteiger partial charge in [0.25, 0.3) is 0 Å². The van der Waals surface area contributed by atoms with Gasteiger partial charge in [-0.25, -0.2) is 13.4 Å². The van der Waals surface area contributed by atoms with Gasteiger partial charge in [-0.3, -0.25) is 4.99 Å². The summed E-state index contributed by atoms with van der Waals surface area (Å²) in [6.07, 6.45) is 5.10. The van der Waals surface area contributed by atoms with E-state index in [9.17, 15) is 8.42 Å². The summed E-state index contributed by atoms with van der Waals surface area (Å²) in [5, 5.41) is 1.64. The number of nitrogens with one attached hydrogen (secondary N) is 1. The average Bonchev–Trinajstić information content (AvgIpc) is 2.97. The first-order valence-electron chi connectivity index (χ1n) is 13.8. The van der Waals surface area contributed by atoms with Gasteiger partial charge in [0.05, 0.1) is 29.5 Å². The van der Waals surface area contributed by atoms with E-state index >= 15 is 0 Å². The van der Waals surface area contributed by atoms with E-state index in [4.69, 9.17) is 20.2 Å². The van der Waals surface area contributed by atoms with Crippen molar-refractivity contribution in [1.82, 2.24) is 14.3 Å².